The maximum atomic E-state index is 13.0. The molecule has 164 valence electrons. The number of nitrogens with zero attached hydrogens (tertiary/aromatic N) is 1. The first-order valence-electron chi connectivity index (χ1n) is 9.19. The molecule has 0 radical (unpaired) electrons. The molecule has 1 amide bonds. The zero-order valence-corrected chi connectivity index (χ0v) is 17.6. The first-order valence-corrected chi connectivity index (χ1v) is 11.4. The van der Waals surface area contributed by atoms with Crippen LogP contribution in [0.25, 0.3) is 10.1 Å². The minimum absolute atomic E-state index is 0.0355. The standard InChI is InChI=1S/C20H17F3N2O4S2/c21-20(22,23)12-5-7-13(8-6-12)31(27,28)25-9-10-29-15(11-25)17-14-3-1-2-4-16(14)30-18(17)19(24)26/h1-8,15H,9-11H2,(H2,24,26)/t15-/m0/s1. The molecule has 2 N–H and O–H groups in total. The summed E-state index contributed by atoms with van der Waals surface area (Å²) in [6.07, 6.45) is -5.30. The van der Waals surface area contributed by atoms with E-state index in [-0.39, 0.29) is 24.6 Å². The van der Waals surface area contributed by atoms with Crippen LogP contribution in [-0.4, -0.2) is 38.3 Å². The van der Waals surface area contributed by atoms with Crippen molar-refractivity contribution in [1.29, 1.82) is 0 Å². The Morgan fingerprint density at radius 3 is 2.45 bits per heavy atom. The zero-order chi connectivity index (χ0) is 22.4. The fourth-order valence-electron chi connectivity index (χ4n) is 3.55. The topological polar surface area (TPSA) is 89.7 Å². The molecular weight excluding hydrogens is 453 g/mol. The summed E-state index contributed by atoms with van der Waals surface area (Å²) in [7, 11) is -4.06. The van der Waals surface area contributed by atoms with Crippen LogP contribution in [0.15, 0.2) is 53.4 Å². The lowest BCUT2D eigenvalue weighted by molar-refractivity contribution is -0.137. The van der Waals surface area contributed by atoms with E-state index in [4.69, 9.17) is 10.5 Å². The van der Waals surface area contributed by atoms with Crippen LogP contribution < -0.4 is 5.73 Å². The number of benzene rings is 2. The number of hydrogen-bond acceptors (Lipinski definition) is 5. The molecule has 6 nitrogen and oxygen atoms in total. The molecular formula is C20H17F3N2O4S2. The van der Waals surface area contributed by atoms with Gasteiger partial charge in [0.25, 0.3) is 5.91 Å². The molecule has 1 aliphatic heterocycles. The number of thiophene rings is 1. The van der Waals surface area contributed by atoms with Crippen LogP contribution >= 0.6 is 11.3 Å². The van der Waals surface area contributed by atoms with E-state index in [2.05, 4.69) is 0 Å². The number of sulfonamides is 1. The van der Waals surface area contributed by atoms with Crippen LogP contribution in [0.5, 0.6) is 0 Å². The van der Waals surface area contributed by atoms with Crippen LogP contribution in [0, 0.1) is 0 Å². The Hall–Kier alpha value is -2.47. The van der Waals surface area contributed by atoms with E-state index in [0.717, 1.165) is 38.7 Å². The van der Waals surface area contributed by atoms with Gasteiger partial charge in [-0.05, 0) is 35.7 Å². The van der Waals surface area contributed by atoms with Gasteiger partial charge in [0.2, 0.25) is 10.0 Å². The molecule has 0 aliphatic carbocycles. The Morgan fingerprint density at radius 1 is 1.13 bits per heavy atom. The lowest BCUT2D eigenvalue weighted by Crippen LogP contribution is -2.42. The van der Waals surface area contributed by atoms with Crippen molar-refractivity contribution >= 4 is 37.4 Å². The molecule has 4 rings (SSSR count). The summed E-state index contributed by atoms with van der Waals surface area (Å²) in [5.41, 5.74) is 5.14. The monoisotopic (exact) mass is 470 g/mol. The highest BCUT2D eigenvalue weighted by Gasteiger charge is 2.36. The van der Waals surface area contributed by atoms with E-state index >= 15 is 0 Å². The zero-order valence-electron chi connectivity index (χ0n) is 15.9. The first kappa shape index (κ1) is 21.8. The number of ether oxygens (including phenoxy) is 1. The van der Waals surface area contributed by atoms with Crippen LogP contribution in [-0.2, 0) is 20.9 Å². The summed E-state index contributed by atoms with van der Waals surface area (Å²) in [4.78, 5) is 12.0. The van der Waals surface area contributed by atoms with Gasteiger partial charge in [-0.15, -0.1) is 11.3 Å². The molecule has 11 heteroatoms. The average Bonchev–Trinajstić information content (AvgIpc) is 3.13. The summed E-state index contributed by atoms with van der Waals surface area (Å²) >= 11 is 1.21. The van der Waals surface area contributed by atoms with Crippen molar-refractivity contribution in [3.63, 3.8) is 0 Å². The first-order chi connectivity index (χ1) is 14.6. The van der Waals surface area contributed by atoms with E-state index in [9.17, 15) is 26.4 Å². The smallest absolute Gasteiger partial charge is 0.371 e. The maximum Gasteiger partial charge on any atom is 0.416 e. The summed E-state index contributed by atoms with van der Waals surface area (Å²) in [6, 6.07) is 10.6. The third-order valence-electron chi connectivity index (χ3n) is 5.03. The fourth-order valence-corrected chi connectivity index (χ4v) is 6.08. The van der Waals surface area contributed by atoms with Crippen molar-refractivity contribution in [3.8, 4) is 0 Å². The lowest BCUT2D eigenvalue weighted by Gasteiger charge is -2.32. The van der Waals surface area contributed by atoms with Gasteiger partial charge in [0, 0.05) is 23.4 Å². The molecule has 0 unspecified atom stereocenters. The van der Waals surface area contributed by atoms with Gasteiger partial charge in [-0.25, -0.2) is 8.42 Å². The summed E-state index contributed by atoms with van der Waals surface area (Å²) in [5, 5.41) is 0.750. The van der Waals surface area contributed by atoms with Gasteiger partial charge in [-0.3, -0.25) is 4.79 Å². The van der Waals surface area contributed by atoms with Crippen LogP contribution in [0.2, 0.25) is 0 Å². The Balaban J connectivity index is 1.67. The SMILES string of the molecule is NC(=O)c1sc2ccccc2c1[C@@H]1CN(S(=O)(=O)c2ccc(C(F)(F)F)cc2)CCO1. The predicted octanol–water partition coefficient (Wildman–Crippen LogP) is 3.78. The molecule has 1 aliphatic rings. The molecule has 2 aromatic carbocycles. The van der Waals surface area contributed by atoms with Crippen molar-refractivity contribution in [3.05, 3.63) is 64.5 Å². The molecule has 1 fully saturated rings. The fraction of sp³-hybridized carbons (Fsp3) is 0.250. The van der Waals surface area contributed by atoms with Crippen molar-refractivity contribution in [1.82, 2.24) is 4.31 Å². The highest BCUT2D eigenvalue weighted by Crippen LogP contribution is 2.39. The number of rotatable bonds is 4. The summed E-state index contributed by atoms with van der Waals surface area (Å²) in [5.74, 6) is -0.637. The Morgan fingerprint density at radius 2 is 1.81 bits per heavy atom. The molecule has 1 aromatic heterocycles. The molecule has 0 saturated carbocycles. The van der Waals surface area contributed by atoms with Gasteiger partial charge in [-0.2, -0.15) is 17.5 Å². The van der Waals surface area contributed by atoms with Gasteiger partial charge in [0.05, 0.1) is 28.0 Å². The van der Waals surface area contributed by atoms with Gasteiger partial charge >= 0.3 is 6.18 Å². The van der Waals surface area contributed by atoms with Crippen molar-refractivity contribution in [2.75, 3.05) is 19.7 Å². The van der Waals surface area contributed by atoms with Crippen LogP contribution in [0.4, 0.5) is 13.2 Å². The second-order valence-corrected chi connectivity index (χ2v) is 9.94. The second kappa shape index (κ2) is 7.90. The highest BCUT2D eigenvalue weighted by molar-refractivity contribution is 7.89. The van der Waals surface area contributed by atoms with Gasteiger partial charge in [0.15, 0.2) is 0 Å². The molecule has 0 bridgehead atoms. The molecule has 0 spiro atoms. The number of alkyl halides is 3. The number of nitrogens with two attached hydrogens (primary N) is 1. The number of carbonyl (C=O) groups is 1. The summed E-state index contributed by atoms with van der Waals surface area (Å²) < 4.78 is 72.2. The highest BCUT2D eigenvalue weighted by atomic mass is 32.2. The van der Waals surface area contributed by atoms with E-state index < -0.39 is 33.8 Å². The maximum absolute atomic E-state index is 13.0. The Kier molecular flexibility index (Phi) is 5.54. The van der Waals surface area contributed by atoms with Crippen LogP contribution in [0.3, 0.4) is 0 Å². The molecule has 2 heterocycles. The van der Waals surface area contributed by atoms with Gasteiger partial charge in [0.1, 0.15) is 0 Å². The number of amides is 1. The van der Waals surface area contributed by atoms with E-state index in [0.29, 0.717) is 10.4 Å². The number of fused-ring (bicyclic) bond motifs is 1. The predicted molar refractivity (Wildman–Crippen MR) is 109 cm³/mol. The number of primary amides is 1. The van der Waals surface area contributed by atoms with E-state index in [1.807, 2.05) is 12.1 Å². The Bertz CT molecular complexity index is 1240. The number of morpholine rings is 1. The molecule has 31 heavy (non-hydrogen) atoms. The summed E-state index contributed by atoms with van der Waals surface area (Å²) in [6.45, 7) is 0.00506. The number of carbonyl (C=O) groups excluding carboxylic acids is 1. The Labute approximate surface area is 180 Å². The quantitative estimate of drug-likeness (QED) is 0.629. The van der Waals surface area contributed by atoms with Crippen LogP contribution in [0.1, 0.15) is 26.9 Å². The molecule has 1 atom stereocenters. The normalized spacial score (nSPS) is 18.4. The van der Waals surface area contributed by atoms with Crippen molar-refractivity contribution in [2.24, 2.45) is 5.73 Å². The number of halogens is 3. The largest absolute Gasteiger partial charge is 0.416 e. The molecule has 3 aromatic rings. The number of hydrogen-bond donors (Lipinski definition) is 1. The minimum atomic E-state index is -4.56. The van der Waals surface area contributed by atoms with Crippen molar-refractivity contribution < 1.29 is 31.1 Å². The third-order valence-corrected chi connectivity index (χ3v) is 8.11. The molecule has 1 saturated heterocycles. The lowest BCUT2D eigenvalue weighted by atomic mass is 10.0. The van der Waals surface area contributed by atoms with E-state index in [1.165, 1.54) is 11.3 Å². The van der Waals surface area contributed by atoms with E-state index in [1.54, 1.807) is 12.1 Å². The third kappa shape index (κ3) is 4.05. The van der Waals surface area contributed by atoms with Gasteiger partial charge in [-0.1, -0.05) is 18.2 Å². The average molecular weight is 470 g/mol. The van der Waals surface area contributed by atoms with Gasteiger partial charge < -0.3 is 10.5 Å². The second-order valence-electron chi connectivity index (χ2n) is 6.95. The minimum Gasteiger partial charge on any atom is -0.371 e. The van der Waals surface area contributed by atoms with Crippen molar-refractivity contribution in [2.45, 2.75) is 17.2 Å².